The highest BCUT2D eigenvalue weighted by Crippen LogP contribution is 2.29. The van der Waals surface area contributed by atoms with E-state index in [4.69, 9.17) is 4.84 Å². The zero-order valence-electron chi connectivity index (χ0n) is 15.8. The normalized spacial score (nSPS) is 13.0. The topological polar surface area (TPSA) is 75.7 Å². The first-order valence-electron chi connectivity index (χ1n) is 9.47. The van der Waals surface area contributed by atoms with Crippen molar-refractivity contribution in [2.75, 3.05) is 6.54 Å². The summed E-state index contributed by atoms with van der Waals surface area (Å²) >= 11 is 0. The van der Waals surface area contributed by atoms with Gasteiger partial charge in [-0.05, 0) is 29.5 Å². The summed E-state index contributed by atoms with van der Waals surface area (Å²) in [7, 11) is 0. The molecular weight excluding hydrogens is 368 g/mol. The molecule has 0 unspecified atom stereocenters. The molecule has 0 aromatic heterocycles. The molecule has 0 atom stereocenters. The fraction of sp³-hybridized carbons (Fsp3) is 0.174. The number of nitrogens with one attached hydrogen (secondary N) is 1. The molecule has 0 aliphatic carbocycles. The Hall–Kier alpha value is -3.51. The molecule has 1 N–H and O–H groups in total. The highest BCUT2D eigenvalue weighted by molar-refractivity contribution is 6.25. The largest absolute Gasteiger partial charge is 0.274 e. The highest BCUT2D eigenvalue weighted by Gasteiger charge is 2.32. The van der Waals surface area contributed by atoms with Gasteiger partial charge in [0.2, 0.25) is 5.91 Å². The first-order valence-corrected chi connectivity index (χ1v) is 9.47. The average molecular weight is 388 g/mol. The van der Waals surface area contributed by atoms with Gasteiger partial charge in [-0.3, -0.25) is 24.1 Å². The fourth-order valence-corrected chi connectivity index (χ4v) is 3.51. The first kappa shape index (κ1) is 18.8. The second kappa shape index (κ2) is 8.24. The van der Waals surface area contributed by atoms with Crippen LogP contribution in [0.1, 0.15) is 39.1 Å². The number of carbonyl (C=O) groups is 3. The van der Waals surface area contributed by atoms with Crippen molar-refractivity contribution in [2.24, 2.45) is 0 Å². The summed E-state index contributed by atoms with van der Waals surface area (Å²) in [5.41, 5.74) is 4.39. The van der Waals surface area contributed by atoms with Crippen LogP contribution in [0.2, 0.25) is 0 Å². The van der Waals surface area contributed by atoms with Crippen LogP contribution >= 0.6 is 0 Å². The minimum atomic E-state index is -0.319. The number of hydrogen-bond acceptors (Lipinski definition) is 4. The molecule has 146 valence electrons. The number of rotatable bonds is 7. The van der Waals surface area contributed by atoms with Crippen LogP contribution < -0.4 is 5.48 Å². The SMILES string of the molecule is O=C(CCCN1C(=O)c2cccc3cccc(c23)C1=O)NOCc1ccccc1. The standard InChI is InChI=1S/C23H20N2O4/c26-20(24-29-15-16-7-2-1-3-8-16)13-6-14-25-22(27)18-11-4-9-17-10-5-12-19(21(17)18)23(25)28/h1-5,7-12H,6,13-15H2,(H,24,26). The smallest absolute Gasteiger partial charge is 0.261 e. The Morgan fingerprint density at radius 1 is 0.862 bits per heavy atom. The maximum atomic E-state index is 12.8. The second-order valence-electron chi connectivity index (χ2n) is 6.87. The Balaban J connectivity index is 1.33. The number of hydroxylamine groups is 1. The van der Waals surface area contributed by atoms with Crippen LogP contribution in [0, 0.1) is 0 Å². The molecule has 0 fully saturated rings. The lowest BCUT2D eigenvalue weighted by molar-refractivity contribution is -0.134. The molecule has 4 rings (SSSR count). The molecule has 0 saturated carbocycles. The Kier molecular flexibility index (Phi) is 5.35. The van der Waals surface area contributed by atoms with Crippen molar-refractivity contribution in [3.8, 4) is 0 Å². The number of benzene rings is 3. The van der Waals surface area contributed by atoms with Gasteiger partial charge in [0.05, 0.1) is 6.61 Å². The monoisotopic (exact) mass is 388 g/mol. The van der Waals surface area contributed by atoms with Gasteiger partial charge in [-0.2, -0.15) is 0 Å². The molecule has 0 radical (unpaired) electrons. The van der Waals surface area contributed by atoms with E-state index in [1.807, 2.05) is 54.6 Å². The molecule has 3 amide bonds. The predicted molar refractivity (Wildman–Crippen MR) is 108 cm³/mol. The Labute approximate surface area is 168 Å². The molecule has 1 aliphatic heterocycles. The summed E-state index contributed by atoms with van der Waals surface area (Å²) in [6, 6.07) is 20.4. The molecule has 3 aromatic carbocycles. The molecule has 1 heterocycles. The summed E-state index contributed by atoms with van der Waals surface area (Å²) in [5, 5.41) is 1.57. The molecule has 1 aliphatic rings. The third kappa shape index (κ3) is 3.88. The Morgan fingerprint density at radius 2 is 1.52 bits per heavy atom. The molecule has 0 bridgehead atoms. The van der Waals surface area contributed by atoms with Gasteiger partial charge in [-0.25, -0.2) is 5.48 Å². The van der Waals surface area contributed by atoms with Gasteiger partial charge in [0.15, 0.2) is 0 Å². The van der Waals surface area contributed by atoms with Crippen molar-refractivity contribution in [3.05, 3.63) is 83.4 Å². The lowest BCUT2D eigenvalue weighted by Crippen LogP contribution is -2.41. The lowest BCUT2D eigenvalue weighted by Gasteiger charge is -2.27. The van der Waals surface area contributed by atoms with Gasteiger partial charge in [-0.1, -0.05) is 54.6 Å². The van der Waals surface area contributed by atoms with Crippen LogP contribution in [0.4, 0.5) is 0 Å². The number of hydrogen-bond donors (Lipinski definition) is 1. The summed E-state index contributed by atoms with van der Waals surface area (Å²) in [4.78, 5) is 44.0. The van der Waals surface area contributed by atoms with Crippen LogP contribution in [0.25, 0.3) is 10.8 Å². The van der Waals surface area contributed by atoms with Gasteiger partial charge in [0, 0.05) is 29.5 Å². The van der Waals surface area contributed by atoms with Gasteiger partial charge in [0.25, 0.3) is 11.8 Å². The zero-order valence-corrected chi connectivity index (χ0v) is 15.8. The van der Waals surface area contributed by atoms with Gasteiger partial charge >= 0.3 is 0 Å². The molecule has 29 heavy (non-hydrogen) atoms. The number of carbonyl (C=O) groups excluding carboxylic acids is 3. The van der Waals surface area contributed by atoms with Crippen LogP contribution in [0.3, 0.4) is 0 Å². The van der Waals surface area contributed by atoms with E-state index in [9.17, 15) is 14.4 Å². The lowest BCUT2D eigenvalue weighted by atomic mass is 9.94. The molecule has 0 saturated heterocycles. The van der Waals surface area contributed by atoms with Crippen molar-refractivity contribution in [1.29, 1.82) is 0 Å². The fourth-order valence-electron chi connectivity index (χ4n) is 3.51. The highest BCUT2D eigenvalue weighted by atomic mass is 16.6. The van der Waals surface area contributed by atoms with Crippen molar-refractivity contribution < 1.29 is 19.2 Å². The summed E-state index contributed by atoms with van der Waals surface area (Å²) < 4.78 is 0. The average Bonchev–Trinajstić information content (AvgIpc) is 2.75. The van der Waals surface area contributed by atoms with Crippen LogP contribution in [-0.4, -0.2) is 29.2 Å². The summed E-state index contributed by atoms with van der Waals surface area (Å²) in [6.45, 7) is 0.449. The number of imide groups is 1. The molecule has 6 heteroatoms. The third-order valence-corrected chi connectivity index (χ3v) is 4.91. The summed E-state index contributed by atoms with van der Waals surface area (Å²) in [5.74, 6) is -0.930. The van der Waals surface area contributed by atoms with E-state index in [1.54, 1.807) is 12.1 Å². The Bertz CT molecular complexity index is 1030. The minimum Gasteiger partial charge on any atom is -0.274 e. The van der Waals surface area contributed by atoms with E-state index in [2.05, 4.69) is 5.48 Å². The Morgan fingerprint density at radius 3 is 2.17 bits per heavy atom. The van der Waals surface area contributed by atoms with E-state index in [1.165, 1.54) is 4.90 Å². The zero-order chi connectivity index (χ0) is 20.2. The molecular formula is C23H20N2O4. The van der Waals surface area contributed by atoms with Crippen molar-refractivity contribution in [3.63, 3.8) is 0 Å². The van der Waals surface area contributed by atoms with Crippen molar-refractivity contribution in [1.82, 2.24) is 10.4 Å². The van der Waals surface area contributed by atoms with Crippen molar-refractivity contribution >= 4 is 28.5 Å². The van der Waals surface area contributed by atoms with Gasteiger partial charge in [-0.15, -0.1) is 0 Å². The third-order valence-electron chi connectivity index (χ3n) is 4.91. The number of nitrogens with zero attached hydrogens (tertiary/aromatic N) is 1. The first-order chi connectivity index (χ1) is 14.1. The second-order valence-corrected chi connectivity index (χ2v) is 6.87. The minimum absolute atomic E-state index is 0.150. The summed E-state index contributed by atoms with van der Waals surface area (Å²) in [6.07, 6.45) is 0.508. The predicted octanol–water partition coefficient (Wildman–Crippen LogP) is 3.46. The van der Waals surface area contributed by atoms with Crippen LogP contribution in [-0.2, 0) is 16.2 Å². The number of amides is 3. The van der Waals surface area contributed by atoms with Gasteiger partial charge in [0.1, 0.15) is 0 Å². The maximum absolute atomic E-state index is 12.8. The molecule has 6 nitrogen and oxygen atoms in total. The maximum Gasteiger partial charge on any atom is 0.261 e. The van der Waals surface area contributed by atoms with E-state index >= 15 is 0 Å². The molecule has 3 aromatic rings. The van der Waals surface area contributed by atoms with Crippen molar-refractivity contribution in [2.45, 2.75) is 19.4 Å². The quantitative estimate of drug-likeness (QED) is 0.497. The van der Waals surface area contributed by atoms with E-state index in [-0.39, 0.29) is 37.3 Å². The van der Waals surface area contributed by atoms with Crippen LogP contribution in [0.15, 0.2) is 66.7 Å². The van der Waals surface area contributed by atoms with E-state index < -0.39 is 0 Å². The van der Waals surface area contributed by atoms with E-state index in [0.29, 0.717) is 22.9 Å². The van der Waals surface area contributed by atoms with Gasteiger partial charge < -0.3 is 0 Å². The van der Waals surface area contributed by atoms with E-state index in [0.717, 1.165) is 10.9 Å². The molecule has 0 spiro atoms. The van der Waals surface area contributed by atoms with Crippen LogP contribution in [0.5, 0.6) is 0 Å².